The second kappa shape index (κ2) is 7.32. The molecule has 2 aromatic rings. The molecule has 124 valence electrons. The maximum absolute atomic E-state index is 12.2. The van der Waals surface area contributed by atoms with E-state index < -0.39 is 22.9 Å². The molecule has 2 N–H and O–H groups in total. The standard InChI is InChI=1S/C16H15N3O5/c1-11(13-6-2-3-7-14(13)19(22)23)24-16(21)12-5-4-8-18(9-12)10-15(17)20/h2-9,11H,10H2,1H3,(H-,17,20)/p+1. The van der Waals surface area contributed by atoms with Crippen LogP contribution in [0, 0.1) is 10.1 Å². The molecule has 0 spiro atoms. The SMILES string of the molecule is CC(OC(=O)c1ccc[n+](CC(N)=O)c1)c1ccccc1[N+](=O)[O-]. The summed E-state index contributed by atoms with van der Waals surface area (Å²) in [5, 5.41) is 11.0. The number of nitro benzene ring substituents is 1. The highest BCUT2D eigenvalue weighted by Gasteiger charge is 2.23. The number of carbonyl (C=O) groups is 2. The van der Waals surface area contributed by atoms with Crippen molar-refractivity contribution in [2.24, 2.45) is 5.73 Å². The maximum atomic E-state index is 12.2. The topological polar surface area (TPSA) is 116 Å². The van der Waals surface area contributed by atoms with Crippen molar-refractivity contribution in [1.29, 1.82) is 0 Å². The molecule has 2 rings (SSSR count). The van der Waals surface area contributed by atoms with E-state index in [1.807, 2.05) is 0 Å². The van der Waals surface area contributed by atoms with Gasteiger partial charge in [0.05, 0.1) is 10.5 Å². The zero-order valence-electron chi connectivity index (χ0n) is 12.9. The summed E-state index contributed by atoms with van der Waals surface area (Å²) in [6.45, 7) is 1.49. The highest BCUT2D eigenvalue weighted by Crippen LogP contribution is 2.27. The Morgan fingerprint density at radius 2 is 2.00 bits per heavy atom. The van der Waals surface area contributed by atoms with Gasteiger partial charge in [-0.15, -0.1) is 0 Å². The third-order valence-corrected chi connectivity index (χ3v) is 3.29. The number of esters is 1. The van der Waals surface area contributed by atoms with Crippen molar-refractivity contribution in [1.82, 2.24) is 0 Å². The van der Waals surface area contributed by atoms with Gasteiger partial charge in [-0.1, -0.05) is 12.1 Å². The van der Waals surface area contributed by atoms with Crippen molar-refractivity contribution in [3.8, 4) is 0 Å². The van der Waals surface area contributed by atoms with Gasteiger partial charge in [-0.3, -0.25) is 14.9 Å². The molecule has 1 aromatic heterocycles. The number of nitrogens with zero attached hydrogens (tertiary/aromatic N) is 2. The van der Waals surface area contributed by atoms with Gasteiger partial charge in [0.25, 0.3) is 11.6 Å². The van der Waals surface area contributed by atoms with E-state index in [1.165, 1.54) is 29.0 Å². The summed E-state index contributed by atoms with van der Waals surface area (Å²) in [6.07, 6.45) is 2.22. The number of carbonyl (C=O) groups excluding carboxylic acids is 2. The first-order valence-electron chi connectivity index (χ1n) is 7.10. The highest BCUT2D eigenvalue weighted by molar-refractivity contribution is 5.88. The number of hydrogen-bond acceptors (Lipinski definition) is 5. The average molecular weight is 330 g/mol. The number of rotatable bonds is 6. The number of ether oxygens (including phenoxy) is 1. The number of pyridine rings is 1. The Balaban J connectivity index is 2.18. The van der Waals surface area contributed by atoms with Gasteiger partial charge < -0.3 is 10.5 Å². The van der Waals surface area contributed by atoms with Crippen LogP contribution in [0.5, 0.6) is 0 Å². The molecule has 0 bridgehead atoms. The molecule has 1 heterocycles. The summed E-state index contributed by atoms with van der Waals surface area (Å²) >= 11 is 0. The van der Waals surface area contributed by atoms with Gasteiger partial charge >= 0.3 is 5.97 Å². The molecule has 1 aromatic carbocycles. The zero-order valence-corrected chi connectivity index (χ0v) is 12.9. The van der Waals surface area contributed by atoms with Crippen LogP contribution >= 0.6 is 0 Å². The first-order chi connectivity index (χ1) is 11.4. The van der Waals surface area contributed by atoms with Crippen molar-refractivity contribution < 1.29 is 23.8 Å². The fraction of sp³-hybridized carbons (Fsp3) is 0.188. The predicted octanol–water partition coefficient (Wildman–Crippen LogP) is 1.29. The van der Waals surface area contributed by atoms with E-state index in [-0.39, 0.29) is 17.8 Å². The number of nitrogens with two attached hydrogens (primary N) is 1. The number of amides is 1. The summed E-state index contributed by atoms with van der Waals surface area (Å²) < 4.78 is 6.75. The van der Waals surface area contributed by atoms with E-state index in [4.69, 9.17) is 10.5 Å². The minimum atomic E-state index is -0.802. The van der Waals surface area contributed by atoms with Gasteiger partial charge in [0.2, 0.25) is 6.54 Å². The fourth-order valence-electron chi connectivity index (χ4n) is 2.21. The lowest BCUT2D eigenvalue weighted by molar-refractivity contribution is -0.684. The summed E-state index contributed by atoms with van der Waals surface area (Å²) in [4.78, 5) is 33.7. The lowest BCUT2D eigenvalue weighted by Crippen LogP contribution is -2.40. The third kappa shape index (κ3) is 4.13. The maximum Gasteiger partial charge on any atom is 0.344 e. The van der Waals surface area contributed by atoms with Crippen molar-refractivity contribution in [2.45, 2.75) is 19.6 Å². The number of hydrogen-bond donors (Lipinski definition) is 1. The van der Waals surface area contributed by atoms with Crippen molar-refractivity contribution in [3.05, 3.63) is 70.0 Å². The fourth-order valence-corrected chi connectivity index (χ4v) is 2.21. The van der Waals surface area contributed by atoms with Crippen LogP contribution < -0.4 is 10.3 Å². The van der Waals surface area contributed by atoms with Crippen LogP contribution in [0.15, 0.2) is 48.8 Å². The number of benzene rings is 1. The van der Waals surface area contributed by atoms with Gasteiger partial charge in [0.1, 0.15) is 11.7 Å². The summed E-state index contributed by atoms with van der Waals surface area (Å²) in [5.41, 5.74) is 5.51. The lowest BCUT2D eigenvalue weighted by Gasteiger charge is -2.13. The largest absolute Gasteiger partial charge is 0.454 e. The number of aromatic nitrogens is 1. The average Bonchev–Trinajstić information content (AvgIpc) is 2.54. The summed E-state index contributed by atoms with van der Waals surface area (Å²) in [5.74, 6) is -1.20. The molecule has 0 radical (unpaired) electrons. The first-order valence-corrected chi connectivity index (χ1v) is 7.10. The second-order valence-corrected chi connectivity index (χ2v) is 5.09. The minimum absolute atomic E-state index is 0.0686. The Labute approximate surface area is 137 Å². The molecule has 0 aliphatic heterocycles. The Kier molecular flexibility index (Phi) is 5.20. The molecule has 1 unspecified atom stereocenters. The van der Waals surface area contributed by atoms with Crippen LogP contribution in [0.1, 0.15) is 28.9 Å². The number of primary amides is 1. The van der Waals surface area contributed by atoms with Crippen molar-refractivity contribution in [2.75, 3.05) is 0 Å². The third-order valence-electron chi connectivity index (χ3n) is 3.29. The molecule has 0 fully saturated rings. The Morgan fingerprint density at radius 3 is 2.67 bits per heavy atom. The molecule has 0 aliphatic rings. The summed E-state index contributed by atoms with van der Waals surface area (Å²) in [6, 6.07) is 9.16. The minimum Gasteiger partial charge on any atom is -0.454 e. The van der Waals surface area contributed by atoms with E-state index in [0.29, 0.717) is 5.56 Å². The molecule has 8 nitrogen and oxygen atoms in total. The molecular weight excluding hydrogens is 314 g/mol. The zero-order chi connectivity index (χ0) is 17.7. The monoisotopic (exact) mass is 330 g/mol. The van der Waals surface area contributed by atoms with E-state index in [1.54, 1.807) is 31.3 Å². The van der Waals surface area contributed by atoms with E-state index in [9.17, 15) is 19.7 Å². The smallest absolute Gasteiger partial charge is 0.344 e. The van der Waals surface area contributed by atoms with E-state index in [2.05, 4.69) is 0 Å². The van der Waals surface area contributed by atoms with Crippen LogP contribution in [0.25, 0.3) is 0 Å². The Hall–Kier alpha value is -3.29. The molecule has 8 heteroatoms. The quantitative estimate of drug-likeness (QED) is 0.371. The Morgan fingerprint density at radius 1 is 1.29 bits per heavy atom. The molecule has 0 saturated carbocycles. The number of nitro groups is 1. The number of para-hydroxylation sites is 1. The molecule has 0 aliphatic carbocycles. The van der Waals surface area contributed by atoms with Crippen LogP contribution in [0.3, 0.4) is 0 Å². The summed E-state index contributed by atoms with van der Waals surface area (Å²) in [7, 11) is 0. The first kappa shape index (κ1) is 17.1. The van der Waals surface area contributed by atoms with E-state index >= 15 is 0 Å². The molecule has 24 heavy (non-hydrogen) atoms. The van der Waals surface area contributed by atoms with Gasteiger partial charge in [-0.05, 0) is 19.1 Å². The second-order valence-electron chi connectivity index (χ2n) is 5.09. The van der Waals surface area contributed by atoms with Gasteiger partial charge in [-0.2, -0.15) is 4.57 Å². The van der Waals surface area contributed by atoms with Crippen LogP contribution in [0.4, 0.5) is 5.69 Å². The Bertz CT molecular complexity index is 791. The van der Waals surface area contributed by atoms with E-state index in [0.717, 1.165) is 0 Å². The molecule has 0 saturated heterocycles. The molecule has 1 amide bonds. The van der Waals surface area contributed by atoms with Crippen LogP contribution in [-0.4, -0.2) is 16.8 Å². The normalized spacial score (nSPS) is 11.5. The molecule has 1 atom stereocenters. The lowest BCUT2D eigenvalue weighted by atomic mass is 10.1. The molecular formula is C16H16N3O5+. The van der Waals surface area contributed by atoms with Gasteiger partial charge in [0.15, 0.2) is 12.4 Å². The van der Waals surface area contributed by atoms with Crippen LogP contribution in [-0.2, 0) is 16.1 Å². The van der Waals surface area contributed by atoms with Crippen LogP contribution in [0.2, 0.25) is 0 Å². The van der Waals surface area contributed by atoms with Gasteiger partial charge in [-0.25, -0.2) is 4.79 Å². The van der Waals surface area contributed by atoms with Crippen molar-refractivity contribution in [3.63, 3.8) is 0 Å². The van der Waals surface area contributed by atoms with Gasteiger partial charge in [0, 0.05) is 12.1 Å². The highest BCUT2D eigenvalue weighted by atomic mass is 16.6. The predicted molar refractivity (Wildman–Crippen MR) is 82.8 cm³/mol. The van der Waals surface area contributed by atoms with Crippen molar-refractivity contribution >= 4 is 17.6 Å².